The fraction of sp³-hybridized carbons (Fsp3) is 0.538. The van der Waals surface area contributed by atoms with Crippen LogP contribution in [0.15, 0.2) is 18.2 Å². The van der Waals surface area contributed by atoms with Gasteiger partial charge in [-0.15, -0.1) is 0 Å². The van der Waals surface area contributed by atoms with Gasteiger partial charge in [0.25, 0.3) is 0 Å². The molecule has 1 aromatic rings. The summed E-state index contributed by atoms with van der Waals surface area (Å²) >= 11 is 0. The number of hydrogen-bond donors (Lipinski definition) is 1. The lowest BCUT2D eigenvalue weighted by Gasteiger charge is -2.16. The van der Waals surface area contributed by atoms with Gasteiger partial charge in [-0.05, 0) is 44.0 Å². The Morgan fingerprint density at radius 1 is 1.31 bits per heavy atom. The SMILES string of the molecule is COCC(C)Oc1ccc([C@@H](C)O)cc1C. The second kappa shape index (κ2) is 5.87. The van der Waals surface area contributed by atoms with Gasteiger partial charge in [-0.1, -0.05) is 6.07 Å². The molecule has 0 aliphatic rings. The predicted octanol–water partition coefficient (Wildman–Crippen LogP) is 2.46. The van der Waals surface area contributed by atoms with Crippen molar-refractivity contribution in [1.82, 2.24) is 0 Å². The van der Waals surface area contributed by atoms with Crippen LogP contribution < -0.4 is 4.74 Å². The molecule has 16 heavy (non-hydrogen) atoms. The van der Waals surface area contributed by atoms with Crippen molar-refractivity contribution in [1.29, 1.82) is 0 Å². The number of benzene rings is 1. The highest BCUT2D eigenvalue weighted by atomic mass is 16.5. The van der Waals surface area contributed by atoms with Crippen LogP contribution in [0.25, 0.3) is 0 Å². The van der Waals surface area contributed by atoms with Crippen molar-refractivity contribution in [2.24, 2.45) is 0 Å². The summed E-state index contributed by atoms with van der Waals surface area (Å²) in [5, 5.41) is 9.44. The van der Waals surface area contributed by atoms with Crippen LogP contribution in [0.1, 0.15) is 31.1 Å². The van der Waals surface area contributed by atoms with Gasteiger partial charge in [0.05, 0.1) is 12.7 Å². The second-order valence-electron chi connectivity index (χ2n) is 4.08. The molecule has 90 valence electrons. The molecule has 1 aromatic carbocycles. The maximum absolute atomic E-state index is 9.44. The molecule has 2 atom stereocenters. The molecule has 0 spiro atoms. The minimum atomic E-state index is -0.441. The Kier molecular flexibility index (Phi) is 4.77. The quantitative estimate of drug-likeness (QED) is 0.835. The topological polar surface area (TPSA) is 38.7 Å². The summed E-state index contributed by atoms with van der Waals surface area (Å²) in [5.41, 5.74) is 1.94. The van der Waals surface area contributed by atoms with E-state index in [0.717, 1.165) is 16.9 Å². The fourth-order valence-electron chi connectivity index (χ4n) is 1.55. The van der Waals surface area contributed by atoms with Gasteiger partial charge in [0.15, 0.2) is 0 Å². The maximum atomic E-state index is 9.44. The number of rotatable bonds is 5. The van der Waals surface area contributed by atoms with Gasteiger partial charge >= 0.3 is 0 Å². The molecular weight excluding hydrogens is 204 g/mol. The lowest BCUT2D eigenvalue weighted by molar-refractivity contribution is 0.0915. The van der Waals surface area contributed by atoms with E-state index in [1.165, 1.54) is 0 Å². The minimum absolute atomic E-state index is 0.0288. The second-order valence-corrected chi connectivity index (χ2v) is 4.08. The molecule has 0 saturated carbocycles. The number of aliphatic hydroxyl groups is 1. The smallest absolute Gasteiger partial charge is 0.122 e. The van der Waals surface area contributed by atoms with E-state index >= 15 is 0 Å². The zero-order valence-corrected chi connectivity index (χ0v) is 10.4. The van der Waals surface area contributed by atoms with Gasteiger partial charge < -0.3 is 14.6 Å². The van der Waals surface area contributed by atoms with Gasteiger partial charge in [-0.2, -0.15) is 0 Å². The number of hydrogen-bond acceptors (Lipinski definition) is 3. The molecule has 1 N–H and O–H groups in total. The molecule has 3 heteroatoms. The third kappa shape index (κ3) is 3.51. The average molecular weight is 224 g/mol. The first-order valence-corrected chi connectivity index (χ1v) is 5.48. The fourth-order valence-corrected chi connectivity index (χ4v) is 1.55. The van der Waals surface area contributed by atoms with Crippen LogP contribution in [-0.4, -0.2) is 24.9 Å². The van der Waals surface area contributed by atoms with Crippen molar-refractivity contribution < 1.29 is 14.6 Å². The van der Waals surface area contributed by atoms with Crippen LogP contribution in [0.3, 0.4) is 0 Å². The summed E-state index contributed by atoms with van der Waals surface area (Å²) in [5.74, 6) is 0.842. The highest BCUT2D eigenvalue weighted by molar-refractivity contribution is 5.37. The third-order valence-corrected chi connectivity index (χ3v) is 2.41. The third-order valence-electron chi connectivity index (χ3n) is 2.41. The van der Waals surface area contributed by atoms with Crippen molar-refractivity contribution in [3.63, 3.8) is 0 Å². The van der Waals surface area contributed by atoms with Gasteiger partial charge in [-0.3, -0.25) is 0 Å². The predicted molar refractivity (Wildman–Crippen MR) is 63.8 cm³/mol. The van der Waals surface area contributed by atoms with Crippen molar-refractivity contribution in [2.75, 3.05) is 13.7 Å². The van der Waals surface area contributed by atoms with Crippen molar-refractivity contribution in [3.8, 4) is 5.75 Å². The first-order chi connectivity index (χ1) is 7.54. The van der Waals surface area contributed by atoms with Crippen LogP contribution in [0, 0.1) is 6.92 Å². The van der Waals surface area contributed by atoms with E-state index in [2.05, 4.69) is 0 Å². The Hall–Kier alpha value is -1.06. The summed E-state index contributed by atoms with van der Waals surface area (Å²) in [7, 11) is 1.66. The number of ether oxygens (including phenoxy) is 2. The minimum Gasteiger partial charge on any atom is -0.488 e. The molecule has 0 aliphatic heterocycles. The van der Waals surface area contributed by atoms with E-state index in [4.69, 9.17) is 9.47 Å². The zero-order chi connectivity index (χ0) is 12.1. The molecule has 0 fully saturated rings. The van der Waals surface area contributed by atoms with Crippen molar-refractivity contribution in [2.45, 2.75) is 33.0 Å². The van der Waals surface area contributed by atoms with E-state index in [0.29, 0.717) is 6.61 Å². The molecule has 0 saturated heterocycles. The first kappa shape index (κ1) is 13.0. The summed E-state index contributed by atoms with van der Waals surface area (Å²) in [6.07, 6.45) is -0.412. The Bertz CT molecular complexity index is 334. The van der Waals surface area contributed by atoms with Gasteiger partial charge in [0, 0.05) is 7.11 Å². The van der Waals surface area contributed by atoms with Gasteiger partial charge in [0.2, 0.25) is 0 Å². The van der Waals surface area contributed by atoms with E-state index in [1.54, 1.807) is 14.0 Å². The van der Waals surface area contributed by atoms with Gasteiger partial charge in [0.1, 0.15) is 11.9 Å². The number of aliphatic hydroxyl groups excluding tert-OH is 1. The Balaban J connectivity index is 2.75. The van der Waals surface area contributed by atoms with E-state index in [-0.39, 0.29) is 6.10 Å². The van der Waals surface area contributed by atoms with Crippen LogP contribution >= 0.6 is 0 Å². The molecular formula is C13H20O3. The van der Waals surface area contributed by atoms with E-state index < -0.39 is 6.10 Å². The highest BCUT2D eigenvalue weighted by Gasteiger charge is 2.08. The molecule has 0 aliphatic carbocycles. The summed E-state index contributed by atoms with van der Waals surface area (Å²) in [6.45, 7) is 6.26. The Morgan fingerprint density at radius 2 is 2.00 bits per heavy atom. The number of methoxy groups -OCH3 is 1. The van der Waals surface area contributed by atoms with Crippen LogP contribution in [0.2, 0.25) is 0 Å². The Labute approximate surface area is 97.0 Å². The average Bonchev–Trinajstić information content (AvgIpc) is 2.21. The highest BCUT2D eigenvalue weighted by Crippen LogP contribution is 2.23. The van der Waals surface area contributed by atoms with Gasteiger partial charge in [-0.25, -0.2) is 0 Å². The molecule has 0 bridgehead atoms. The molecule has 1 unspecified atom stereocenters. The molecule has 3 nitrogen and oxygen atoms in total. The lowest BCUT2D eigenvalue weighted by atomic mass is 10.1. The molecule has 0 aromatic heterocycles. The largest absolute Gasteiger partial charge is 0.488 e. The molecule has 0 amide bonds. The lowest BCUT2D eigenvalue weighted by Crippen LogP contribution is -2.18. The molecule has 1 rings (SSSR count). The zero-order valence-electron chi connectivity index (χ0n) is 10.4. The van der Waals surface area contributed by atoms with Crippen molar-refractivity contribution in [3.05, 3.63) is 29.3 Å². The van der Waals surface area contributed by atoms with E-state index in [9.17, 15) is 5.11 Å². The normalized spacial score (nSPS) is 14.6. The van der Waals surface area contributed by atoms with Crippen LogP contribution in [0.4, 0.5) is 0 Å². The molecule has 0 heterocycles. The monoisotopic (exact) mass is 224 g/mol. The summed E-state index contributed by atoms with van der Waals surface area (Å²) < 4.78 is 10.7. The van der Waals surface area contributed by atoms with Crippen LogP contribution in [0.5, 0.6) is 5.75 Å². The number of aryl methyl sites for hydroxylation is 1. The first-order valence-electron chi connectivity index (χ1n) is 5.48. The molecule has 0 radical (unpaired) electrons. The summed E-state index contributed by atoms with van der Waals surface area (Å²) in [4.78, 5) is 0. The standard InChI is InChI=1S/C13H20O3/c1-9-7-12(11(3)14)5-6-13(9)16-10(2)8-15-4/h5-7,10-11,14H,8H2,1-4H3/t10?,11-/m1/s1. The van der Waals surface area contributed by atoms with Crippen LogP contribution in [-0.2, 0) is 4.74 Å². The van der Waals surface area contributed by atoms with E-state index in [1.807, 2.05) is 32.0 Å². The summed E-state index contributed by atoms with van der Waals surface area (Å²) in [6, 6.07) is 5.72. The maximum Gasteiger partial charge on any atom is 0.122 e. The van der Waals surface area contributed by atoms with Crippen molar-refractivity contribution >= 4 is 0 Å². The Morgan fingerprint density at radius 3 is 2.50 bits per heavy atom.